The lowest BCUT2D eigenvalue weighted by Gasteiger charge is -2.30. The molecule has 3 rings (SSSR count). The Hall–Kier alpha value is -3.06. The van der Waals surface area contributed by atoms with Crippen molar-refractivity contribution >= 4 is 27.9 Å². The molecule has 0 saturated carbocycles. The molecule has 1 aliphatic heterocycles. The maximum Gasteiger partial charge on any atom is 0.336 e. The zero-order valence-electron chi connectivity index (χ0n) is 16.9. The Balaban J connectivity index is 2.15. The molecule has 0 aliphatic carbocycles. The van der Waals surface area contributed by atoms with Crippen molar-refractivity contribution < 1.29 is 23.8 Å². The minimum Gasteiger partial charge on any atom is -0.496 e. The molecule has 6 nitrogen and oxygen atoms in total. The summed E-state index contributed by atoms with van der Waals surface area (Å²) in [7, 11) is 4.17. The zero-order chi connectivity index (χ0) is 21.7. The fourth-order valence-corrected chi connectivity index (χ4v) is 3.82. The molecule has 0 fully saturated rings. The van der Waals surface area contributed by atoms with Gasteiger partial charge < -0.3 is 19.1 Å². The topological polar surface area (TPSA) is 65.1 Å². The molecule has 2 aromatic rings. The molecular weight excluding hydrogens is 450 g/mol. The number of hydrogen-bond donors (Lipinski definition) is 0. The summed E-state index contributed by atoms with van der Waals surface area (Å²) in [6.07, 6.45) is 3.41. The Bertz CT molecular complexity index is 966. The number of carbonyl (C=O) groups excluding carboxylic acids is 2. The van der Waals surface area contributed by atoms with E-state index in [1.165, 1.54) is 14.2 Å². The average Bonchev–Trinajstić information content (AvgIpc) is 2.78. The Morgan fingerprint density at radius 2 is 1.53 bits per heavy atom. The predicted octanol–water partition coefficient (Wildman–Crippen LogP) is 4.17. The number of halogens is 1. The second-order valence-corrected chi connectivity index (χ2v) is 7.54. The molecule has 0 radical (unpaired) electrons. The van der Waals surface area contributed by atoms with E-state index in [9.17, 15) is 9.59 Å². The van der Waals surface area contributed by atoms with E-state index in [0.29, 0.717) is 29.0 Å². The monoisotopic (exact) mass is 471 g/mol. The van der Waals surface area contributed by atoms with Gasteiger partial charge in [-0.15, -0.1) is 0 Å². The number of carbonyl (C=O) groups is 2. The fourth-order valence-electron chi connectivity index (χ4n) is 3.44. The van der Waals surface area contributed by atoms with Gasteiger partial charge in [-0.3, -0.25) is 0 Å². The molecular formula is C23H22BrNO5. The van der Waals surface area contributed by atoms with Gasteiger partial charge in [0.2, 0.25) is 0 Å². The molecule has 1 heterocycles. The smallest absolute Gasteiger partial charge is 0.336 e. The summed E-state index contributed by atoms with van der Waals surface area (Å²) in [4.78, 5) is 27.3. The Kier molecular flexibility index (Phi) is 6.95. The van der Waals surface area contributed by atoms with Crippen LogP contribution in [0.1, 0.15) is 17.0 Å². The molecule has 156 valence electrons. The average molecular weight is 472 g/mol. The van der Waals surface area contributed by atoms with Gasteiger partial charge in [0.1, 0.15) is 5.75 Å². The maximum atomic E-state index is 12.7. The summed E-state index contributed by atoms with van der Waals surface area (Å²) in [6, 6.07) is 15.2. The number of benzene rings is 2. The van der Waals surface area contributed by atoms with Gasteiger partial charge in [-0.1, -0.05) is 46.3 Å². The summed E-state index contributed by atoms with van der Waals surface area (Å²) >= 11 is 3.46. The van der Waals surface area contributed by atoms with Crippen molar-refractivity contribution in [2.45, 2.75) is 12.5 Å². The van der Waals surface area contributed by atoms with Crippen LogP contribution in [0.3, 0.4) is 0 Å². The third-order valence-electron chi connectivity index (χ3n) is 4.78. The number of esters is 2. The van der Waals surface area contributed by atoms with Crippen molar-refractivity contribution in [1.29, 1.82) is 0 Å². The highest BCUT2D eigenvalue weighted by Crippen LogP contribution is 2.42. The molecule has 0 amide bonds. The highest BCUT2D eigenvalue weighted by Gasteiger charge is 2.37. The maximum absolute atomic E-state index is 12.7. The zero-order valence-corrected chi connectivity index (χ0v) is 18.5. The van der Waals surface area contributed by atoms with E-state index in [1.54, 1.807) is 30.5 Å². The predicted molar refractivity (Wildman–Crippen MR) is 116 cm³/mol. The van der Waals surface area contributed by atoms with Gasteiger partial charge in [0.05, 0.1) is 38.4 Å². The van der Waals surface area contributed by atoms with E-state index in [4.69, 9.17) is 14.2 Å². The molecule has 0 spiro atoms. The van der Waals surface area contributed by atoms with Crippen molar-refractivity contribution in [3.63, 3.8) is 0 Å². The van der Waals surface area contributed by atoms with E-state index < -0.39 is 17.9 Å². The Morgan fingerprint density at radius 1 is 0.933 bits per heavy atom. The normalized spacial score (nSPS) is 13.9. The van der Waals surface area contributed by atoms with E-state index in [-0.39, 0.29) is 0 Å². The number of rotatable bonds is 6. The summed E-state index contributed by atoms with van der Waals surface area (Å²) in [5, 5.41) is 0. The lowest BCUT2D eigenvalue weighted by Crippen LogP contribution is -2.28. The third-order valence-corrected chi connectivity index (χ3v) is 5.28. The van der Waals surface area contributed by atoms with Gasteiger partial charge in [-0.25, -0.2) is 9.59 Å². The van der Waals surface area contributed by atoms with Crippen LogP contribution in [0, 0.1) is 0 Å². The van der Waals surface area contributed by atoms with Crippen LogP contribution in [-0.2, 0) is 25.6 Å². The van der Waals surface area contributed by atoms with Crippen molar-refractivity contribution in [3.8, 4) is 5.75 Å². The first kappa shape index (κ1) is 21.6. The molecule has 0 N–H and O–H groups in total. The summed E-state index contributed by atoms with van der Waals surface area (Å²) in [5.74, 6) is -1.22. The summed E-state index contributed by atoms with van der Waals surface area (Å²) in [5.41, 5.74) is 2.30. The number of methoxy groups -OCH3 is 3. The van der Waals surface area contributed by atoms with Crippen LogP contribution in [0.2, 0.25) is 0 Å². The molecule has 0 atom stereocenters. The van der Waals surface area contributed by atoms with Crippen molar-refractivity contribution in [1.82, 2.24) is 4.90 Å². The minimum absolute atomic E-state index is 0.313. The van der Waals surface area contributed by atoms with E-state index in [0.717, 1.165) is 10.0 Å². The number of hydrogen-bond acceptors (Lipinski definition) is 6. The lowest BCUT2D eigenvalue weighted by atomic mass is 9.82. The van der Waals surface area contributed by atoms with E-state index in [1.807, 2.05) is 42.5 Å². The number of ether oxygens (including phenoxy) is 3. The first-order valence-electron chi connectivity index (χ1n) is 9.21. The largest absolute Gasteiger partial charge is 0.496 e. The van der Waals surface area contributed by atoms with Crippen LogP contribution >= 0.6 is 15.9 Å². The molecule has 0 aromatic heterocycles. The van der Waals surface area contributed by atoms with Crippen LogP contribution in [0.15, 0.2) is 76.5 Å². The quantitative estimate of drug-likeness (QED) is 0.589. The summed E-state index contributed by atoms with van der Waals surface area (Å²) < 4.78 is 16.4. The van der Waals surface area contributed by atoms with E-state index >= 15 is 0 Å². The van der Waals surface area contributed by atoms with Crippen molar-refractivity contribution in [3.05, 3.63) is 87.7 Å². The molecule has 7 heteroatoms. The van der Waals surface area contributed by atoms with Crippen molar-refractivity contribution in [2.24, 2.45) is 0 Å². The molecule has 2 aromatic carbocycles. The minimum atomic E-state index is -0.704. The van der Waals surface area contributed by atoms with Gasteiger partial charge in [-0.2, -0.15) is 0 Å². The van der Waals surface area contributed by atoms with Crippen molar-refractivity contribution in [2.75, 3.05) is 21.3 Å². The highest BCUT2D eigenvalue weighted by atomic mass is 79.9. The first-order chi connectivity index (χ1) is 14.5. The van der Waals surface area contributed by atoms with Crippen LogP contribution in [-0.4, -0.2) is 38.2 Å². The number of nitrogens with zero attached hydrogens (tertiary/aromatic N) is 1. The molecule has 30 heavy (non-hydrogen) atoms. The molecule has 0 bridgehead atoms. The van der Waals surface area contributed by atoms with Crippen LogP contribution in [0.5, 0.6) is 5.75 Å². The summed E-state index contributed by atoms with van der Waals surface area (Å²) in [6.45, 7) is 0.476. The highest BCUT2D eigenvalue weighted by molar-refractivity contribution is 9.10. The second-order valence-electron chi connectivity index (χ2n) is 6.63. The van der Waals surface area contributed by atoms with Gasteiger partial charge in [0, 0.05) is 29.0 Å². The molecule has 0 saturated heterocycles. The standard InChI is InChI=1S/C23H22BrNO5/c1-28-20-10-9-16(24)11-17(20)21-18(22(26)29-2)13-25(14-19(21)23(27)30-3)12-15-7-5-4-6-8-15/h4-11,13-14,21H,12H2,1-3H3. The SMILES string of the molecule is COC(=O)C1=CN(Cc2ccccc2)C=C(C(=O)OC)C1c1cc(Br)ccc1OC. The van der Waals surface area contributed by atoms with Gasteiger partial charge in [0.25, 0.3) is 0 Å². The molecule has 1 aliphatic rings. The van der Waals surface area contributed by atoms with E-state index in [2.05, 4.69) is 15.9 Å². The first-order valence-corrected chi connectivity index (χ1v) is 10.0. The van der Waals surface area contributed by atoms with Gasteiger partial charge in [-0.05, 0) is 23.8 Å². The van der Waals surface area contributed by atoms with Crippen LogP contribution < -0.4 is 4.74 Å². The van der Waals surface area contributed by atoms with Crippen LogP contribution in [0.25, 0.3) is 0 Å². The van der Waals surface area contributed by atoms with Gasteiger partial charge in [0.15, 0.2) is 0 Å². The second kappa shape index (κ2) is 9.63. The fraction of sp³-hybridized carbons (Fsp3) is 0.217. The van der Waals surface area contributed by atoms with Crippen LogP contribution in [0.4, 0.5) is 0 Å². The Morgan fingerprint density at radius 3 is 2.07 bits per heavy atom. The van der Waals surface area contributed by atoms with Gasteiger partial charge >= 0.3 is 11.9 Å². The Labute approximate surface area is 183 Å². The third kappa shape index (κ3) is 4.57. The molecule has 0 unspecified atom stereocenters. The lowest BCUT2D eigenvalue weighted by molar-refractivity contribution is -0.137.